The van der Waals surface area contributed by atoms with Crippen molar-refractivity contribution >= 4 is 0 Å². The van der Waals surface area contributed by atoms with Gasteiger partial charge in [-0.3, -0.25) is 0 Å². The van der Waals surface area contributed by atoms with Crippen LogP contribution in [0.4, 0.5) is 0 Å². The molecule has 0 aliphatic carbocycles. The molecule has 2 rings (SSSR count). The second-order valence-electron chi connectivity index (χ2n) is 15.1. The van der Waals surface area contributed by atoms with Gasteiger partial charge in [-0.1, -0.05) is 165 Å². The third kappa shape index (κ3) is 23.0. The van der Waals surface area contributed by atoms with E-state index in [1.165, 1.54) is 177 Å². The smallest absolute Gasteiger partial charge is 0.0722 e. The second kappa shape index (κ2) is 32.0. The number of nitrogens with zero attached hydrogens (tertiary/aromatic N) is 2. The van der Waals surface area contributed by atoms with Gasteiger partial charge in [0.05, 0.1) is 13.2 Å². The van der Waals surface area contributed by atoms with Gasteiger partial charge < -0.3 is 19.3 Å². The molecule has 0 atom stereocenters. The first-order valence-corrected chi connectivity index (χ1v) is 21.3. The first-order valence-electron chi connectivity index (χ1n) is 21.3. The van der Waals surface area contributed by atoms with Gasteiger partial charge in [-0.2, -0.15) is 0 Å². The molecule has 0 radical (unpaired) electrons. The standard InChI is InChI=1S/C46H80N2O2/c1-5-7-9-11-13-15-17-19-25-35-47(3)37-27-29-39-49-41-43-31-21-23-33-45(43)46-34-24-22-32-44(46)42-50-40-30-28-38-48(4)36-26-20-18-16-14-12-10-8-6-2/h21-24,31-34H,5-20,25-30,35-42H2,1-4H3. The molecule has 4 heteroatoms. The predicted molar refractivity (Wildman–Crippen MR) is 219 cm³/mol. The first kappa shape index (κ1) is 44.4. The van der Waals surface area contributed by atoms with Gasteiger partial charge in [-0.15, -0.1) is 0 Å². The summed E-state index contributed by atoms with van der Waals surface area (Å²) in [5, 5.41) is 0. The van der Waals surface area contributed by atoms with E-state index in [4.69, 9.17) is 9.47 Å². The zero-order chi connectivity index (χ0) is 35.7. The quantitative estimate of drug-likeness (QED) is 0.0671. The molecule has 0 saturated heterocycles. The Labute approximate surface area is 311 Å². The highest BCUT2D eigenvalue weighted by atomic mass is 16.5. The normalized spacial score (nSPS) is 11.7. The molecular weight excluding hydrogens is 613 g/mol. The Bertz CT molecular complexity index is 945. The van der Waals surface area contributed by atoms with Gasteiger partial charge in [-0.25, -0.2) is 0 Å². The molecule has 50 heavy (non-hydrogen) atoms. The molecule has 0 aliphatic heterocycles. The number of hydrogen-bond donors (Lipinski definition) is 0. The van der Waals surface area contributed by atoms with Crippen molar-refractivity contribution < 1.29 is 9.47 Å². The summed E-state index contributed by atoms with van der Waals surface area (Å²) in [5.41, 5.74) is 5.06. The second-order valence-corrected chi connectivity index (χ2v) is 15.1. The highest BCUT2D eigenvalue weighted by Gasteiger charge is 2.10. The van der Waals surface area contributed by atoms with E-state index >= 15 is 0 Å². The molecule has 2 aromatic rings. The minimum atomic E-state index is 0.659. The summed E-state index contributed by atoms with van der Waals surface area (Å²) in [6.45, 7) is 12.3. The lowest BCUT2D eigenvalue weighted by molar-refractivity contribution is 0.114. The van der Waals surface area contributed by atoms with Crippen molar-refractivity contribution in [1.82, 2.24) is 9.80 Å². The highest BCUT2D eigenvalue weighted by molar-refractivity contribution is 5.70. The van der Waals surface area contributed by atoms with Crippen molar-refractivity contribution in [3.8, 4) is 11.1 Å². The van der Waals surface area contributed by atoms with Crippen molar-refractivity contribution in [3.05, 3.63) is 59.7 Å². The summed E-state index contributed by atoms with van der Waals surface area (Å²) in [7, 11) is 4.56. The number of unbranched alkanes of at least 4 members (excludes halogenated alkanes) is 18. The molecule has 0 aromatic heterocycles. The van der Waals surface area contributed by atoms with E-state index in [-0.39, 0.29) is 0 Å². The van der Waals surface area contributed by atoms with Gasteiger partial charge in [-0.05, 0) is 101 Å². The summed E-state index contributed by atoms with van der Waals surface area (Å²) in [6.07, 6.45) is 29.8. The Morgan fingerprint density at radius 1 is 0.380 bits per heavy atom. The van der Waals surface area contributed by atoms with E-state index in [0.717, 1.165) is 26.1 Å². The number of hydrogen-bond acceptors (Lipinski definition) is 4. The third-order valence-electron chi connectivity index (χ3n) is 10.3. The van der Waals surface area contributed by atoms with Gasteiger partial charge in [0.25, 0.3) is 0 Å². The Balaban J connectivity index is 1.57. The minimum absolute atomic E-state index is 0.659. The molecule has 286 valence electrons. The van der Waals surface area contributed by atoms with Crippen LogP contribution in [-0.2, 0) is 22.7 Å². The van der Waals surface area contributed by atoms with E-state index in [0.29, 0.717) is 13.2 Å². The molecule has 0 spiro atoms. The SMILES string of the molecule is CCCCCCCCCCCN(C)CCCCOCc1ccccc1-c1ccccc1COCCCCN(C)CCCCCCCCCCC. The van der Waals surface area contributed by atoms with Crippen LogP contribution in [0.3, 0.4) is 0 Å². The van der Waals surface area contributed by atoms with Gasteiger partial charge in [0.2, 0.25) is 0 Å². The van der Waals surface area contributed by atoms with Gasteiger partial charge >= 0.3 is 0 Å². The maximum atomic E-state index is 6.21. The molecule has 0 N–H and O–H groups in total. The van der Waals surface area contributed by atoms with E-state index in [9.17, 15) is 0 Å². The highest BCUT2D eigenvalue weighted by Crippen LogP contribution is 2.28. The molecule has 0 unspecified atom stereocenters. The molecule has 0 heterocycles. The number of rotatable bonds is 35. The van der Waals surface area contributed by atoms with Gasteiger partial charge in [0.15, 0.2) is 0 Å². The average Bonchev–Trinajstić information content (AvgIpc) is 3.13. The topological polar surface area (TPSA) is 24.9 Å². The van der Waals surface area contributed by atoms with E-state index in [2.05, 4.69) is 86.3 Å². The van der Waals surface area contributed by atoms with Crippen molar-refractivity contribution in [2.75, 3.05) is 53.5 Å². The van der Waals surface area contributed by atoms with Crippen LogP contribution >= 0.6 is 0 Å². The van der Waals surface area contributed by atoms with E-state index in [1.54, 1.807) is 0 Å². The van der Waals surface area contributed by atoms with Crippen LogP contribution < -0.4 is 0 Å². The molecule has 0 amide bonds. The average molecular weight is 693 g/mol. The fourth-order valence-electron chi connectivity index (χ4n) is 6.96. The number of ether oxygens (including phenoxy) is 2. The molecular formula is C46H80N2O2. The van der Waals surface area contributed by atoms with E-state index in [1.807, 2.05) is 0 Å². The van der Waals surface area contributed by atoms with Crippen LogP contribution in [-0.4, -0.2) is 63.3 Å². The Morgan fingerprint density at radius 3 is 1.04 bits per heavy atom. The van der Waals surface area contributed by atoms with Crippen molar-refractivity contribution in [1.29, 1.82) is 0 Å². The summed E-state index contributed by atoms with van der Waals surface area (Å²) in [4.78, 5) is 5.01. The van der Waals surface area contributed by atoms with Crippen molar-refractivity contribution in [3.63, 3.8) is 0 Å². The molecule has 4 nitrogen and oxygen atoms in total. The zero-order valence-electron chi connectivity index (χ0n) is 33.5. The Kier molecular flexibility index (Phi) is 28.4. The lowest BCUT2D eigenvalue weighted by Crippen LogP contribution is -2.21. The van der Waals surface area contributed by atoms with Gasteiger partial charge in [0.1, 0.15) is 0 Å². The minimum Gasteiger partial charge on any atom is -0.377 e. The Hall–Kier alpha value is -1.72. The van der Waals surface area contributed by atoms with Crippen LogP contribution in [0.5, 0.6) is 0 Å². The lowest BCUT2D eigenvalue weighted by atomic mass is 9.96. The summed E-state index contributed by atoms with van der Waals surface area (Å²) in [5.74, 6) is 0. The van der Waals surface area contributed by atoms with Crippen molar-refractivity contribution in [2.45, 2.75) is 168 Å². The maximum absolute atomic E-state index is 6.21. The van der Waals surface area contributed by atoms with Crippen molar-refractivity contribution in [2.24, 2.45) is 0 Å². The van der Waals surface area contributed by atoms with Crippen LogP contribution in [0, 0.1) is 0 Å². The van der Waals surface area contributed by atoms with E-state index < -0.39 is 0 Å². The Morgan fingerprint density at radius 2 is 0.680 bits per heavy atom. The van der Waals surface area contributed by atoms with Crippen LogP contribution in [0.1, 0.15) is 166 Å². The molecule has 0 bridgehead atoms. The summed E-state index contributed by atoms with van der Waals surface area (Å²) in [6, 6.07) is 17.5. The molecule has 0 aliphatic rings. The number of benzene rings is 2. The predicted octanol–water partition coefficient (Wildman–Crippen LogP) is 12.9. The van der Waals surface area contributed by atoms with Crippen LogP contribution in [0.2, 0.25) is 0 Å². The fourth-order valence-corrected chi connectivity index (χ4v) is 6.96. The molecule has 0 fully saturated rings. The van der Waals surface area contributed by atoms with Gasteiger partial charge in [0, 0.05) is 13.2 Å². The van der Waals surface area contributed by atoms with Crippen LogP contribution in [0.15, 0.2) is 48.5 Å². The largest absolute Gasteiger partial charge is 0.377 e. The zero-order valence-corrected chi connectivity index (χ0v) is 33.5. The molecule has 0 saturated carbocycles. The molecule has 2 aromatic carbocycles. The van der Waals surface area contributed by atoms with Crippen LogP contribution in [0.25, 0.3) is 11.1 Å². The first-order chi connectivity index (χ1) is 24.7. The fraction of sp³-hybridized carbons (Fsp3) is 0.739. The third-order valence-corrected chi connectivity index (χ3v) is 10.3. The monoisotopic (exact) mass is 693 g/mol. The maximum Gasteiger partial charge on any atom is 0.0722 e. The summed E-state index contributed by atoms with van der Waals surface area (Å²) < 4.78 is 12.4. The summed E-state index contributed by atoms with van der Waals surface area (Å²) >= 11 is 0. The lowest BCUT2D eigenvalue weighted by Gasteiger charge is -2.17.